The average Bonchev–Trinajstić information content (AvgIpc) is 2.65. The summed E-state index contributed by atoms with van der Waals surface area (Å²) >= 11 is 1.97. The molecule has 0 aliphatic heterocycles. The summed E-state index contributed by atoms with van der Waals surface area (Å²) in [6, 6.07) is 11.3. The third-order valence-corrected chi connectivity index (χ3v) is 5.09. The van der Waals surface area contributed by atoms with Gasteiger partial charge in [0, 0.05) is 40.9 Å². The second kappa shape index (κ2) is 8.94. The molecule has 0 saturated heterocycles. The standard InChI is InChI=1S/C19H20IN3O4/c1-12(2)22(3)19(25)14-6-4-13(5-7-14)11-21-18(24)16-10-15(23(26)27)8-9-17(16)20/h4-10,12H,11H2,1-3H3,(H,21,24). The summed E-state index contributed by atoms with van der Waals surface area (Å²) in [6.07, 6.45) is 0. The number of carbonyl (C=O) groups excluding carboxylic acids is 2. The van der Waals surface area contributed by atoms with Gasteiger partial charge in [0.05, 0.1) is 10.5 Å². The summed E-state index contributed by atoms with van der Waals surface area (Å²) in [4.78, 5) is 36.6. The van der Waals surface area contributed by atoms with E-state index < -0.39 is 4.92 Å². The van der Waals surface area contributed by atoms with Crippen LogP contribution in [0.1, 0.15) is 40.1 Å². The minimum Gasteiger partial charge on any atom is -0.348 e. The van der Waals surface area contributed by atoms with Crippen molar-refractivity contribution < 1.29 is 14.5 Å². The SMILES string of the molecule is CC(C)N(C)C(=O)c1ccc(CNC(=O)c2cc([N+](=O)[O-])ccc2I)cc1. The van der Waals surface area contributed by atoms with Crippen molar-refractivity contribution in [2.75, 3.05) is 7.05 Å². The van der Waals surface area contributed by atoms with Crippen molar-refractivity contribution in [2.24, 2.45) is 0 Å². The maximum Gasteiger partial charge on any atom is 0.270 e. The Bertz CT molecular complexity index is 866. The van der Waals surface area contributed by atoms with E-state index in [9.17, 15) is 19.7 Å². The van der Waals surface area contributed by atoms with Crippen LogP contribution in [0.4, 0.5) is 5.69 Å². The van der Waals surface area contributed by atoms with Crippen molar-refractivity contribution in [3.8, 4) is 0 Å². The van der Waals surface area contributed by atoms with Crippen molar-refractivity contribution in [1.82, 2.24) is 10.2 Å². The molecular weight excluding hydrogens is 461 g/mol. The molecule has 2 aromatic carbocycles. The fraction of sp³-hybridized carbons (Fsp3) is 0.263. The quantitative estimate of drug-likeness (QED) is 0.388. The highest BCUT2D eigenvalue weighted by Gasteiger charge is 2.16. The van der Waals surface area contributed by atoms with Crippen LogP contribution in [-0.2, 0) is 6.54 Å². The summed E-state index contributed by atoms with van der Waals surface area (Å²) in [5, 5.41) is 13.6. The molecule has 27 heavy (non-hydrogen) atoms. The van der Waals surface area contributed by atoms with Gasteiger partial charge in [0.1, 0.15) is 0 Å². The largest absolute Gasteiger partial charge is 0.348 e. The highest BCUT2D eigenvalue weighted by atomic mass is 127. The summed E-state index contributed by atoms with van der Waals surface area (Å²) < 4.78 is 0.633. The van der Waals surface area contributed by atoms with E-state index >= 15 is 0 Å². The first kappa shape index (κ1) is 20.8. The number of non-ortho nitro benzene ring substituents is 1. The van der Waals surface area contributed by atoms with Crippen LogP contribution < -0.4 is 5.32 Å². The first-order chi connectivity index (χ1) is 12.7. The Balaban J connectivity index is 2.05. The molecule has 0 radical (unpaired) electrons. The highest BCUT2D eigenvalue weighted by Crippen LogP contribution is 2.19. The van der Waals surface area contributed by atoms with Crippen LogP contribution in [0.15, 0.2) is 42.5 Å². The van der Waals surface area contributed by atoms with E-state index in [-0.39, 0.29) is 35.7 Å². The lowest BCUT2D eigenvalue weighted by atomic mass is 10.1. The van der Waals surface area contributed by atoms with Gasteiger partial charge in [-0.25, -0.2) is 0 Å². The Labute approximate surface area is 171 Å². The van der Waals surface area contributed by atoms with Crippen LogP contribution >= 0.6 is 22.6 Å². The zero-order chi connectivity index (χ0) is 20.1. The maximum absolute atomic E-state index is 12.4. The van der Waals surface area contributed by atoms with Gasteiger partial charge < -0.3 is 10.2 Å². The van der Waals surface area contributed by atoms with Crippen molar-refractivity contribution in [3.05, 3.63) is 72.8 Å². The van der Waals surface area contributed by atoms with Crippen molar-refractivity contribution in [3.63, 3.8) is 0 Å². The Kier molecular flexibility index (Phi) is 6.89. The predicted molar refractivity (Wildman–Crippen MR) is 111 cm³/mol. The number of benzene rings is 2. The number of halogens is 1. The van der Waals surface area contributed by atoms with Gasteiger partial charge in [-0.2, -0.15) is 0 Å². The van der Waals surface area contributed by atoms with E-state index in [1.807, 2.05) is 36.4 Å². The number of rotatable bonds is 6. The molecule has 2 aromatic rings. The van der Waals surface area contributed by atoms with Crippen LogP contribution in [-0.4, -0.2) is 34.7 Å². The molecule has 0 bridgehead atoms. The summed E-state index contributed by atoms with van der Waals surface area (Å²) in [7, 11) is 1.75. The number of nitro groups is 1. The molecule has 142 valence electrons. The van der Waals surface area contributed by atoms with Gasteiger partial charge in [-0.1, -0.05) is 12.1 Å². The van der Waals surface area contributed by atoms with E-state index in [1.54, 1.807) is 42.3 Å². The fourth-order valence-corrected chi connectivity index (χ4v) is 2.86. The lowest BCUT2D eigenvalue weighted by Crippen LogP contribution is -2.32. The van der Waals surface area contributed by atoms with Crippen LogP contribution in [0, 0.1) is 13.7 Å². The molecule has 2 amide bonds. The third-order valence-electron chi connectivity index (χ3n) is 4.15. The Hall–Kier alpha value is -2.49. The summed E-state index contributed by atoms with van der Waals surface area (Å²) in [5.41, 5.74) is 1.54. The topological polar surface area (TPSA) is 92.6 Å². The van der Waals surface area contributed by atoms with Gasteiger partial charge in [-0.15, -0.1) is 0 Å². The number of carbonyl (C=O) groups is 2. The summed E-state index contributed by atoms with van der Waals surface area (Å²) in [5.74, 6) is -0.450. The van der Waals surface area contributed by atoms with Crippen molar-refractivity contribution >= 4 is 40.1 Å². The number of hydrogen-bond donors (Lipinski definition) is 1. The monoisotopic (exact) mass is 481 g/mol. The molecule has 1 N–H and O–H groups in total. The molecule has 0 aromatic heterocycles. The highest BCUT2D eigenvalue weighted by molar-refractivity contribution is 14.1. The molecule has 0 saturated carbocycles. The Morgan fingerprint density at radius 1 is 1.19 bits per heavy atom. The number of hydrogen-bond acceptors (Lipinski definition) is 4. The zero-order valence-electron chi connectivity index (χ0n) is 15.2. The smallest absolute Gasteiger partial charge is 0.270 e. The lowest BCUT2D eigenvalue weighted by molar-refractivity contribution is -0.384. The van der Waals surface area contributed by atoms with E-state index in [0.29, 0.717) is 9.13 Å². The predicted octanol–water partition coefficient (Wildman–Crippen LogP) is 3.61. The van der Waals surface area contributed by atoms with Gasteiger partial charge in [0.15, 0.2) is 0 Å². The maximum atomic E-state index is 12.4. The van der Waals surface area contributed by atoms with Crippen molar-refractivity contribution in [1.29, 1.82) is 0 Å². The van der Waals surface area contributed by atoms with Crippen LogP contribution in [0.25, 0.3) is 0 Å². The van der Waals surface area contributed by atoms with E-state index in [4.69, 9.17) is 0 Å². The minimum absolute atomic E-state index is 0.0632. The molecule has 0 unspecified atom stereocenters. The van der Waals surface area contributed by atoms with E-state index in [1.165, 1.54) is 12.1 Å². The molecule has 0 atom stereocenters. The number of amides is 2. The number of nitro benzene ring substituents is 1. The average molecular weight is 481 g/mol. The van der Waals surface area contributed by atoms with Gasteiger partial charge >= 0.3 is 0 Å². The molecular formula is C19H20IN3O4. The van der Waals surface area contributed by atoms with E-state index in [2.05, 4.69) is 5.32 Å². The van der Waals surface area contributed by atoms with Gasteiger partial charge in [-0.05, 0) is 60.2 Å². The molecule has 7 nitrogen and oxygen atoms in total. The van der Waals surface area contributed by atoms with E-state index in [0.717, 1.165) is 5.56 Å². The Morgan fingerprint density at radius 2 is 1.81 bits per heavy atom. The van der Waals surface area contributed by atoms with Gasteiger partial charge in [0.2, 0.25) is 0 Å². The fourth-order valence-electron chi connectivity index (χ4n) is 2.28. The minimum atomic E-state index is -0.531. The molecule has 0 aliphatic rings. The van der Waals surface area contributed by atoms with Gasteiger partial charge in [0.25, 0.3) is 17.5 Å². The second-order valence-electron chi connectivity index (χ2n) is 6.31. The second-order valence-corrected chi connectivity index (χ2v) is 7.47. The normalized spacial score (nSPS) is 10.6. The molecule has 0 fully saturated rings. The molecule has 0 aliphatic carbocycles. The van der Waals surface area contributed by atoms with Crippen LogP contribution in [0.5, 0.6) is 0 Å². The lowest BCUT2D eigenvalue weighted by Gasteiger charge is -2.21. The first-order valence-electron chi connectivity index (χ1n) is 8.29. The van der Waals surface area contributed by atoms with Crippen LogP contribution in [0.3, 0.4) is 0 Å². The number of nitrogens with one attached hydrogen (secondary N) is 1. The molecule has 0 spiro atoms. The van der Waals surface area contributed by atoms with Gasteiger partial charge in [-0.3, -0.25) is 19.7 Å². The molecule has 8 heteroatoms. The Morgan fingerprint density at radius 3 is 2.37 bits per heavy atom. The van der Waals surface area contributed by atoms with Crippen LogP contribution in [0.2, 0.25) is 0 Å². The summed E-state index contributed by atoms with van der Waals surface area (Å²) in [6.45, 7) is 4.14. The zero-order valence-corrected chi connectivity index (χ0v) is 17.4. The van der Waals surface area contributed by atoms with Crippen molar-refractivity contribution in [2.45, 2.75) is 26.4 Å². The number of nitrogens with zero attached hydrogens (tertiary/aromatic N) is 2. The molecule has 0 heterocycles. The molecule has 2 rings (SSSR count). The third kappa shape index (κ3) is 5.25. The first-order valence-corrected chi connectivity index (χ1v) is 9.36.